The SMILES string of the molecule is O=C(NCCn1cccn1)c1cc(S)cs1. The molecule has 4 nitrogen and oxygen atoms in total. The summed E-state index contributed by atoms with van der Waals surface area (Å²) in [4.78, 5) is 13.1. The van der Waals surface area contributed by atoms with Crippen molar-refractivity contribution in [2.45, 2.75) is 11.4 Å². The molecule has 0 radical (unpaired) electrons. The molecule has 0 spiro atoms. The Kier molecular flexibility index (Phi) is 3.63. The summed E-state index contributed by atoms with van der Waals surface area (Å²) in [6, 6.07) is 3.62. The van der Waals surface area contributed by atoms with Crippen molar-refractivity contribution >= 4 is 29.9 Å². The fourth-order valence-electron chi connectivity index (χ4n) is 1.25. The molecule has 2 rings (SSSR count). The standard InChI is InChI=1S/C10H11N3OS2/c14-10(9-6-8(15)7-16-9)11-3-5-13-4-1-2-12-13/h1-2,4,6-7,15H,3,5H2,(H,11,14). The van der Waals surface area contributed by atoms with Gasteiger partial charge in [-0.15, -0.1) is 24.0 Å². The molecule has 0 unspecified atom stereocenters. The van der Waals surface area contributed by atoms with E-state index in [-0.39, 0.29) is 5.91 Å². The maximum atomic E-state index is 11.6. The summed E-state index contributed by atoms with van der Waals surface area (Å²) in [5, 5.41) is 8.71. The second kappa shape index (κ2) is 5.18. The van der Waals surface area contributed by atoms with Gasteiger partial charge in [0, 0.05) is 29.2 Å². The van der Waals surface area contributed by atoms with E-state index in [0.29, 0.717) is 18.0 Å². The molecule has 0 saturated heterocycles. The Hall–Kier alpha value is -1.27. The highest BCUT2D eigenvalue weighted by atomic mass is 32.1. The van der Waals surface area contributed by atoms with Crippen LogP contribution in [0.25, 0.3) is 0 Å². The first-order valence-corrected chi connectivity index (χ1v) is 6.11. The first-order chi connectivity index (χ1) is 7.75. The van der Waals surface area contributed by atoms with Crippen LogP contribution in [0, 0.1) is 0 Å². The largest absolute Gasteiger partial charge is 0.349 e. The first kappa shape index (κ1) is 11.2. The van der Waals surface area contributed by atoms with Gasteiger partial charge in [0.2, 0.25) is 0 Å². The predicted molar refractivity (Wildman–Crippen MR) is 66.1 cm³/mol. The lowest BCUT2D eigenvalue weighted by Gasteiger charge is -2.03. The molecule has 0 aliphatic heterocycles. The summed E-state index contributed by atoms with van der Waals surface area (Å²) in [6.45, 7) is 1.25. The lowest BCUT2D eigenvalue weighted by molar-refractivity contribution is 0.0956. The molecule has 1 amide bonds. The van der Waals surface area contributed by atoms with E-state index in [4.69, 9.17) is 0 Å². The summed E-state index contributed by atoms with van der Waals surface area (Å²) < 4.78 is 1.78. The minimum Gasteiger partial charge on any atom is -0.349 e. The van der Waals surface area contributed by atoms with Crippen molar-refractivity contribution in [3.63, 3.8) is 0 Å². The Bertz CT molecular complexity index is 464. The van der Waals surface area contributed by atoms with Crippen LogP contribution in [-0.4, -0.2) is 22.2 Å². The van der Waals surface area contributed by atoms with Crippen LogP contribution in [0.2, 0.25) is 0 Å². The number of thiol groups is 1. The molecule has 2 aromatic rings. The van der Waals surface area contributed by atoms with Crippen LogP contribution in [-0.2, 0) is 6.54 Å². The van der Waals surface area contributed by atoms with E-state index in [1.54, 1.807) is 16.9 Å². The van der Waals surface area contributed by atoms with Crippen LogP contribution in [0.4, 0.5) is 0 Å². The summed E-state index contributed by atoms with van der Waals surface area (Å²) in [5.41, 5.74) is 0. The van der Waals surface area contributed by atoms with Gasteiger partial charge in [-0.1, -0.05) is 0 Å². The van der Waals surface area contributed by atoms with Gasteiger partial charge in [-0.3, -0.25) is 9.48 Å². The summed E-state index contributed by atoms with van der Waals surface area (Å²) >= 11 is 5.55. The van der Waals surface area contributed by atoms with Crippen molar-refractivity contribution in [1.29, 1.82) is 0 Å². The zero-order valence-electron chi connectivity index (χ0n) is 8.46. The molecule has 6 heteroatoms. The van der Waals surface area contributed by atoms with E-state index in [0.717, 1.165) is 4.90 Å². The van der Waals surface area contributed by atoms with Gasteiger partial charge in [0.25, 0.3) is 5.91 Å². The van der Waals surface area contributed by atoms with Gasteiger partial charge in [-0.25, -0.2) is 0 Å². The van der Waals surface area contributed by atoms with Crippen LogP contribution < -0.4 is 5.32 Å². The molecular formula is C10H11N3OS2. The molecule has 0 saturated carbocycles. The molecular weight excluding hydrogens is 242 g/mol. The highest BCUT2D eigenvalue weighted by molar-refractivity contribution is 7.80. The molecule has 0 atom stereocenters. The maximum absolute atomic E-state index is 11.6. The second-order valence-electron chi connectivity index (χ2n) is 3.19. The van der Waals surface area contributed by atoms with Crippen molar-refractivity contribution in [2.24, 2.45) is 0 Å². The van der Waals surface area contributed by atoms with Gasteiger partial charge in [0.05, 0.1) is 11.4 Å². The monoisotopic (exact) mass is 253 g/mol. The Morgan fingerprint density at radius 1 is 1.62 bits per heavy atom. The van der Waals surface area contributed by atoms with E-state index >= 15 is 0 Å². The minimum absolute atomic E-state index is 0.0579. The molecule has 0 aliphatic carbocycles. The third-order valence-electron chi connectivity index (χ3n) is 2.00. The average Bonchev–Trinajstić information content (AvgIpc) is 2.89. The number of nitrogens with one attached hydrogen (secondary N) is 1. The van der Waals surface area contributed by atoms with E-state index < -0.39 is 0 Å². The highest BCUT2D eigenvalue weighted by Gasteiger charge is 2.06. The fraction of sp³-hybridized carbons (Fsp3) is 0.200. The van der Waals surface area contributed by atoms with Gasteiger partial charge >= 0.3 is 0 Å². The third kappa shape index (κ3) is 2.86. The van der Waals surface area contributed by atoms with Gasteiger partial charge < -0.3 is 5.32 Å². The summed E-state index contributed by atoms with van der Waals surface area (Å²) in [5.74, 6) is -0.0579. The predicted octanol–water partition coefficient (Wildman–Crippen LogP) is 1.66. The van der Waals surface area contributed by atoms with Crippen molar-refractivity contribution in [3.05, 3.63) is 34.8 Å². The van der Waals surface area contributed by atoms with Gasteiger partial charge in [0.1, 0.15) is 0 Å². The van der Waals surface area contributed by atoms with E-state index in [1.165, 1.54) is 11.3 Å². The van der Waals surface area contributed by atoms with Crippen molar-refractivity contribution in [1.82, 2.24) is 15.1 Å². The number of carbonyl (C=O) groups is 1. The first-order valence-electron chi connectivity index (χ1n) is 4.79. The number of nitrogens with zero attached hydrogens (tertiary/aromatic N) is 2. The quantitative estimate of drug-likeness (QED) is 0.814. The van der Waals surface area contributed by atoms with E-state index in [1.807, 2.05) is 17.6 Å². The van der Waals surface area contributed by atoms with Crippen LogP contribution in [0.15, 0.2) is 34.8 Å². The number of aromatic nitrogens is 2. The summed E-state index contributed by atoms with van der Waals surface area (Å²) in [7, 11) is 0. The fourth-order valence-corrected chi connectivity index (χ4v) is 2.31. The van der Waals surface area contributed by atoms with E-state index in [2.05, 4.69) is 23.0 Å². The van der Waals surface area contributed by atoms with Crippen LogP contribution in [0.5, 0.6) is 0 Å². The molecule has 0 fully saturated rings. The van der Waals surface area contributed by atoms with Gasteiger partial charge in [-0.05, 0) is 12.1 Å². The minimum atomic E-state index is -0.0579. The normalized spacial score (nSPS) is 10.3. The maximum Gasteiger partial charge on any atom is 0.261 e. The molecule has 0 aromatic carbocycles. The Morgan fingerprint density at radius 2 is 2.50 bits per heavy atom. The van der Waals surface area contributed by atoms with Crippen LogP contribution in [0.3, 0.4) is 0 Å². The third-order valence-corrected chi connectivity index (χ3v) is 3.36. The lowest BCUT2D eigenvalue weighted by Crippen LogP contribution is -2.26. The molecule has 2 heterocycles. The molecule has 0 aliphatic rings. The smallest absolute Gasteiger partial charge is 0.261 e. The second-order valence-corrected chi connectivity index (χ2v) is 4.62. The van der Waals surface area contributed by atoms with Crippen LogP contribution in [0.1, 0.15) is 9.67 Å². The number of carbonyl (C=O) groups excluding carboxylic acids is 1. The average molecular weight is 253 g/mol. The highest BCUT2D eigenvalue weighted by Crippen LogP contribution is 2.17. The number of hydrogen-bond donors (Lipinski definition) is 2. The van der Waals surface area contributed by atoms with Gasteiger partial charge in [-0.2, -0.15) is 5.10 Å². The Balaban J connectivity index is 1.80. The number of amides is 1. The zero-order valence-corrected chi connectivity index (χ0v) is 10.2. The molecule has 16 heavy (non-hydrogen) atoms. The van der Waals surface area contributed by atoms with Crippen molar-refractivity contribution < 1.29 is 4.79 Å². The molecule has 2 aromatic heterocycles. The number of thiophene rings is 1. The Labute approximate surface area is 103 Å². The lowest BCUT2D eigenvalue weighted by atomic mass is 10.4. The van der Waals surface area contributed by atoms with Crippen LogP contribution >= 0.6 is 24.0 Å². The topological polar surface area (TPSA) is 46.9 Å². The number of rotatable bonds is 4. The van der Waals surface area contributed by atoms with Gasteiger partial charge in [0.15, 0.2) is 0 Å². The molecule has 1 N–H and O–H groups in total. The molecule has 84 valence electrons. The Morgan fingerprint density at radius 3 is 3.12 bits per heavy atom. The summed E-state index contributed by atoms with van der Waals surface area (Å²) in [6.07, 6.45) is 3.58. The van der Waals surface area contributed by atoms with Crippen molar-refractivity contribution in [3.8, 4) is 0 Å². The molecule has 0 bridgehead atoms. The van der Waals surface area contributed by atoms with Crippen molar-refractivity contribution in [2.75, 3.05) is 6.54 Å². The van der Waals surface area contributed by atoms with E-state index in [9.17, 15) is 4.79 Å². The number of hydrogen-bond acceptors (Lipinski definition) is 4. The zero-order chi connectivity index (χ0) is 11.4.